The van der Waals surface area contributed by atoms with Gasteiger partial charge in [-0.25, -0.2) is 15.0 Å². The van der Waals surface area contributed by atoms with Gasteiger partial charge >= 0.3 is 0 Å². The fourth-order valence-corrected chi connectivity index (χ4v) is 10.6. The molecule has 3 nitrogen and oxygen atoms in total. The van der Waals surface area contributed by atoms with Crippen LogP contribution in [0.15, 0.2) is 200 Å². The fourth-order valence-electron chi connectivity index (χ4n) is 10.6. The van der Waals surface area contributed by atoms with Crippen molar-refractivity contribution in [1.82, 2.24) is 15.0 Å². The van der Waals surface area contributed by atoms with Crippen LogP contribution >= 0.6 is 0 Å². The summed E-state index contributed by atoms with van der Waals surface area (Å²) in [7, 11) is 0. The normalized spacial score (nSPS) is 13.2. The molecule has 3 heteroatoms. The maximum atomic E-state index is 5.16. The summed E-state index contributed by atoms with van der Waals surface area (Å²) in [5.74, 6) is 1.94. The molecule has 3 aliphatic rings. The van der Waals surface area contributed by atoms with Gasteiger partial charge in [-0.3, -0.25) is 0 Å². The summed E-state index contributed by atoms with van der Waals surface area (Å²) >= 11 is 0. The highest BCUT2D eigenvalue weighted by atomic mass is 15.0. The molecule has 0 atom stereocenters. The van der Waals surface area contributed by atoms with Crippen LogP contribution < -0.4 is 0 Å². The summed E-state index contributed by atoms with van der Waals surface area (Å²) in [6.45, 7) is 0. The van der Waals surface area contributed by atoms with E-state index in [-0.39, 0.29) is 0 Å². The molecule has 1 spiro atoms. The summed E-state index contributed by atoms with van der Waals surface area (Å²) in [4.78, 5) is 15.3. The predicted molar refractivity (Wildman–Crippen MR) is 240 cm³/mol. The monoisotopic (exact) mass is 747 g/mol. The van der Waals surface area contributed by atoms with Crippen LogP contribution in [0.5, 0.6) is 0 Å². The van der Waals surface area contributed by atoms with Crippen molar-refractivity contribution in [2.75, 3.05) is 0 Å². The van der Waals surface area contributed by atoms with Crippen LogP contribution in [0, 0.1) is 0 Å². The zero-order valence-electron chi connectivity index (χ0n) is 31.9. The van der Waals surface area contributed by atoms with E-state index in [1.54, 1.807) is 0 Å². The van der Waals surface area contributed by atoms with E-state index in [9.17, 15) is 0 Å². The molecule has 1 heterocycles. The first kappa shape index (κ1) is 32.3. The maximum Gasteiger partial charge on any atom is 0.164 e. The highest BCUT2D eigenvalue weighted by Crippen LogP contribution is 2.67. The second-order valence-electron chi connectivity index (χ2n) is 15.8. The Hall–Kier alpha value is -7.75. The summed E-state index contributed by atoms with van der Waals surface area (Å²) in [5.41, 5.74) is 20.4. The molecule has 59 heavy (non-hydrogen) atoms. The first-order chi connectivity index (χ1) is 29.3. The van der Waals surface area contributed by atoms with E-state index < -0.39 is 5.41 Å². The fraction of sp³-hybridized carbons (Fsp3) is 0.0179. The van der Waals surface area contributed by atoms with Gasteiger partial charge < -0.3 is 0 Å². The number of aromatic nitrogens is 3. The highest BCUT2D eigenvalue weighted by molar-refractivity contribution is 6.21. The van der Waals surface area contributed by atoms with Gasteiger partial charge in [0.2, 0.25) is 0 Å². The van der Waals surface area contributed by atoms with Gasteiger partial charge in [-0.15, -0.1) is 0 Å². The van der Waals surface area contributed by atoms with Crippen molar-refractivity contribution < 1.29 is 0 Å². The van der Waals surface area contributed by atoms with Crippen LogP contribution in [-0.4, -0.2) is 15.0 Å². The predicted octanol–water partition coefficient (Wildman–Crippen LogP) is 13.7. The molecule has 0 bridgehead atoms. The summed E-state index contributed by atoms with van der Waals surface area (Å²) < 4.78 is 0. The average Bonchev–Trinajstić information content (AvgIpc) is 3.91. The zero-order valence-corrected chi connectivity index (χ0v) is 31.9. The van der Waals surface area contributed by atoms with Crippen LogP contribution in [0.3, 0.4) is 0 Å². The van der Waals surface area contributed by atoms with Gasteiger partial charge in [0.05, 0.1) is 5.41 Å². The maximum absolute atomic E-state index is 5.16. The lowest BCUT2D eigenvalue weighted by Crippen LogP contribution is -2.26. The Bertz CT molecular complexity index is 3280. The quantitative estimate of drug-likeness (QED) is 0.180. The largest absolute Gasteiger partial charge is 0.208 e. The van der Waals surface area contributed by atoms with Gasteiger partial charge in [0.25, 0.3) is 0 Å². The first-order valence-electron chi connectivity index (χ1n) is 20.3. The van der Waals surface area contributed by atoms with Crippen molar-refractivity contribution in [3.8, 4) is 89.8 Å². The SMILES string of the molecule is c1ccc(-c2nc(-c3ccccc3)nc(-c3cccc(-c4c5c(cc6c4-c4ccccc4C64c6ccccc6-c6ccccc64)-c4cccc6cccc-5c46)c3)n2)cc1. The van der Waals surface area contributed by atoms with Crippen LogP contribution in [-0.2, 0) is 5.41 Å². The Balaban J connectivity index is 1.14. The van der Waals surface area contributed by atoms with E-state index in [1.165, 1.54) is 83.1 Å². The Morgan fingerprint density at radius 3 is 1.36 bits per heavy atom. The van der Waals surface area contributed by atoms with Crippen molar-refractivity contribution in [3.05, 3.63) is 222 Å². The van der Waals surface area contributed by atoms with Crippen molar-refractivity contribution in [2.24, 2.45) is 0 Å². The number of rotatable bonds is 4. The minimum Gasteiger partial charge on any atom is -0.208 e. The van der Waals surface area contributed by atoms with Crippen LogP contribution in [0.25, 0.3) is 101 Å². The van der Waals surface area contributed by atoms with Crippen molar-refractivity contribution in [3.63, 3.8) is 0 Å². The Labute approximate surface area is 342 Å². The molecular weight excluding hydrogens is 715 g/mol. The first-order valence-corrected chi connectivity index (χ1v) is 20.3. The summed E-state index contributed by atoms with van der Waals surface area (Å²) in [6.07, 6.45) is 0. The van der Waals surface area contributed by atoms with E-state index in [0.717, 1.165) is 22.3 Å². The molecule has 9 aromatic carbocycles. The van der Waals surface area contributed by atoms with Gasteiger partial charge in [0.15, 0.2) is 17.5 Å². The molecule has 0 saturated heterocycles. The van der Waals surface area contributed by atoms with Crippen molar-refractivity contribution in [2.45, 2.75) is 5.41 Å². The number of hydrogen-bond acceptors (Lipinski definition) is 3. The van der Waals surface area contributed by atoms with Gasteiger partial charge in [-0.05, 0) is 101 Å². The van der Waals surface area contributed by atoms with E-state index in [1.807, 2.05) is 36.4 Å². The molecular formula is C56H33N3. The van der Waals surface area contributed by atoms with E-state index in [0.29, 0.717) is 17.5 Å². The third-order valence-corrected chi connectivity index (χ3v) is 12.9. The second-order valence-corrected chi connectivity index (χ2v) is 15.8. The van der Waals surface area contributed by atoms with E-state index >= 15 is 0 Å². The molecule has 0 amide bonds. The lowest BCUT2D eigenvalue weighted by Gasteiger charge is -2.31. The summed E-state index contributed by atoms with van der Waals surface area (Å²) in [5, 5.41) is 2.58. The molecule has 0 radical (unpaired) electrons. The average molecular weight is 748 g/mol. The molecule has 10 aromatic rings. The number of hydrogen-bond donors (Lipinski definition) is 0. The lowest BCUT2D eigenvalue weighted by atomic mass is 9.69. The number of fused-ring (bicyclic) bond motifs is 13. The van der Waals surface area contributed by atoms with Gasteiger partial charge in [0, 0.05) is 16.7 Å². The third kappa shape index (κ3) is 4.39. The molecule has 3 aliphatic carbocycles. The minimum atomic E-state index is -0.480. The molecule has 272 valence electrons. The Morgan fingerprint density at radius 1 is 0.271 bits per heavy atom. The Morgan fingerprint density at radius 2 is 0.729 bits per heavy atom. The van der Waals surface area contributed by atoms with Crippen LogP contribution in [0.1, 0.15) is 22.3 Å². The standard InChI is InChI=1S/C56H33N3/c1-3-16-35(17-4-1)53-57-54(36-18-5-2-6-19-36)59-55(58-53)38-23-13-22-37(32-38)50-51-43-28-15-21-34-20-14-27-41(49(34)43)44(51)33-48-52(50)42-26-9-12-31-47(42)56(48)45-29-10-7-24-39(45)40-25-8-11-30-46(40)56/h1-33H. The molecule has 13 rings (SSSR count). The molecule has 0 aliphatic heterocycles. The topological polar surface area (TPSA) is 38.7 Å². The zero-order chi connectivity index (χ0) is 38.7. The smallest absolute Gasteiger partial charge is 0.164 e. The number of benzene rings is 9. The van der Waals surface area contributed by atoms with Gasteiger partial charge in [-0.1, -0.05) is 188 Å². The van der Waals surface area contributed by atoms with Gasteiger partial charge in [0.1, 0.15) is 0 Å². The van der Waals surface area contributed by atoms with E-state index in [2.05, 4.69) is 164 Å². The third-order valence-electron chi connectivity index (χ3n) is 12.9. The molecule has 0 saturated carbocycles. The molecule has 1 aromatic heterocycles. The molecule has 0 unspecified atom stereocenters. The number of nitrogens with zero attached hydrogens (tertiary/aromatic N) is 3. The van der Waals surface area contributed by atoms with Crippen LogP contribution in [0.4, 0.5) is 0 Å². The van der Waals surface area contributed by atoms with Crippen molar-refractivity contribution >= 4 is 10.8 Å². The lowest BCUT2D eigenvalue weighted by molar-refractivity contribution is 0.794. The van der Waals surface area contributed by atoms with Crippen LogP contribution in [0.2, 0.25) is 0 Å². The van der Waals surface area contributed by atoms with Crippen molar-refractivity contribution in [1.29, 1.82) is 0 Å². The van der Waals surface area contributed by atoms with E-state index in [4.69, 9.17) is 15.0 Å². The minimum absolute atomic E-state index is 0.480. The highest BCUT2D eigenvalue weighted by Gasteiger charge is 2.53. The molecule has 0 fully saturated rings. The Kier molecular flexibility index (Phi) is 6.65. The summed E-state index contributed by atoms with van der Waals surface area (Å²) in [6, 6.07) is 72.7. The molecule has 0 N–H and O–H groups in total. The second kappa shape index (κ2) is 12.1. The van der Waals surface area contributed by atoms with Gasteiger partial charge in [-0.2, -0.15) is 0 Å².